The minimum atomic E-state index is -1.14. The summed E-state index contributed by atoms with van der Waals surface area (Å²) in [5, 5.41) is 0.745. The molecule has 0 bridgehead atoms. The molecule has 1 aromatic rings. The van der Waals surface area contributed by atoms with Crippen LogP contribution in [0.5, 0.6) is 0 Å². The lowest BCUT2D eigenvalue weighted by Gasteiger charge is -2.40. The number of carbonyl (C=O) groups is 1. The van der Waals surface area contributed by atoms with Crippen molar-refractivity contribution in [2.45, 2.75) is 84.8 Å². The Morgan fingerprint density at radius 3 is 2.13 bits per heavy atom. The number of hydrogen-bond donors (Lipinski definition) is 0. The molecule has 5 atom stereocenters. The third-order valence-corrected chi connectivity index (χ3v) is 9.44. The highest BCUT2D eigenvalue weighted by atomic mass is 35.5. The number of ether oxygens (including phenoxy) is 1. The molecule has 0 aromatic heterocycles. The average molecular weight is 469 g/mol. The highest BCUT2D eigenvalue weighted by Gasteiger charge is 2.48. The lowest BCUT2D eigenvalue weighted by molar-refractivity contribution is -0.149. The van der Waals surface area contributed by atoms with Gasteiger partial charge in [0.15, 0.2) is 0 Å². The second-order valence-electron chi connectivity index (χ2n) is 11.8. The molecule has 0 saturated heterocycles. The Kier molecular flexibility index (Phi) is 7.81. The van der Waals surface area contributed by atoms with Crippen LogP contribution in [0.15, 0.2) is 18.2 Å². The summed E-state index contributed by atoms with van der Waals surface area (Å²) in [4.78, 5) is 12.9. The molecule has 0 N–H and O–H groups in total. The Labute approximate surface area is 197 Å². The van der Waals surface area contributed by atoms with E-state index in [1.807, 2.05) is 47.6 Å². The van der Waals surface area contributed by atoms with Gasteiger partial charge >= 0.3 is 5.97 Å². The molecule has 5 heteroatoms. The van der Waals surface area contributed by atoms with Gasteiger partial charge in [-0.25, -0.2) is 0 Å². The van der Waals surface area contributed by atoms with Crippen molar-refractivity contribution in [3.63, 3.8) is 0 Å². The molecule has 1 aromatic carbocycles. The van der Waals surface area contributed by atoms with Crippen LogP contribution in [0.2, 0.25) is 5.02 Å². The van der Waals surface area contributed by atoms with Crippen LogP contribution in [0.4, 0.5) is 0 Å². The quantitative estimate of drug-likeness (QED) is 0.416. The molecule has 3 nitrogen and oxygen atoms in total. The monoisotopic (exact) mass is 468 g/mol. The van der Waals surface area contributed by atoms with Gasteiger partial charge in [-0.1, -0.05) is 65.3 Å². The predicted molar refractivity (Wildman–Crippen MR) is 132 cm³/mol. The molecule has 1 unspecified atom stereocenters. The Bertz CT molecular complexity index is 834. The summed E-state index contributed by atoms with van der Waals surface area (Å²) in [7, 11) is 0.286. The van der Waals surface area contributed by atoms with Gasteiger partial charge in [-0.3, -0.25) is 9.00 Å². The summed E-state index contributed by atoms with van der Waals surface area (Å²) >= 11 is 6.82. The molecule has 1 saturated carbocycles. The third kappa shape index (κ3) is 5.74. The molecule has 0 heterocycles. The van der Waals surface area contributed by atoms with Gasteiger partial charge < -0.3 is 4.74 Å². The molecule has 31 heavy (non-hydrogen) atoms. The molecular formula is C26H41ClO3S. The average Bonchev–Trinajstić information content (AvgIpc) is 3.41. The minimum Gasteiger partial charge on any atom is -0.469 e. The SMILES string of the molecule is COC(=O)C(C(C)C)[C@@](C)(C[S@@](=O)C(C)(C)C)c1ccc([C@@H]2C[C@H]2C(C)(C)C)c(Cl)c1. The standard InChI is InChI=1S/C26H41ClO3S/c1-16(2)22(23(28)30-10)26(9,15-31(29)25(6,7)8)17-11-12-18(21(27)13-17)19-14-20(19)24(3,4)5/h11-13,16,19-20,22H,14-15H2,1-10H3/t19-,20+,22?,26-,31+/m0/s1. The van der Waals surface area contributed by atoms with Crippen molar-refractivity contribution >= 4 is 28.4 Å². The summed E-state index contributed by atoms with van der Waals surface area (Å²) < 4.78 is 18.1. The van der Waals surface area contributed by atoms with Crippen molar-refractivity contribution in [3.05, 3.63) is 34.3 Å². The fourth-order valence-electron chi connectivity index (χ4n) is 4.92. The summed E-state index contributed by atoms with van der Waals surface area (Å²) in [6, 6.07) is 6.23. The van der Waals surface area contributed by atoms with Gasteiger partial charge in [0, 0.05) is 31.7 Å². The molecule has 0 radical (unpaired) electrons. The van der Waals surface area contributed by atoms with Crippen molar-refractivity contribution in [2.24, 2.45) is 23.2 Å². The minimum absolute atomic E-state index is 0.0292. The van der Waals surface area contributed by atoms with E-state index in [1.54, 1.807) is 0 Å². The third-order valence-electron chi connectivity index (χ3n) is 6.88. The Morgan fingerprint density at radius 1 is 1.16 bits per heavy atom. The number of esters is 1. The van der Waals surface area contributed by atoms with E-state index in [0.29, 0.717) is 17.6 Å². The van der Waals surface area contributed by atoms with Gasteiger partial charge in [-0.05, 0) is 67.6 Å². The highest BCUT2D eigenvalue weighted by molar-refractivity contribution is 7.86. The lowest BCUT2D eigenvalue weighted by Crippen LogP contribution is -2.47. The molecule has 176 valence electrons. The number of benzene rings is 1. The zero-order chi connectivity index (χ0) is 23.9. The van der Waals surface area contributed by atoms with E-state index in [1.165, 1.54) is 12.7 Å². The molecule has 1 aliphatic rings. The number of hydrogen-bond acceptors (Lipinski definition) is 3. The smallest absolute Gasteiger partial charge is 0.309 e. The van der Waals surface area contributed by atoms with Crippen LogP contribution in [0.25, 0.3) is 0 Å². The van der Waals surface area contributed by atoms with E-state index >= 15 is 0 Å². The van der Waals surface area contributed by atoms with Crippen LogP contribution in [0.1, 0.15) is 85.8 Å². The second kappa shape index (κ2) is 9.17. The Morgan fingerprint density at radius 2 is 1.74 bits per heavy atom. The van der Waals surface area contributed by atoms with Gasteiger partial charge in [0.1, 0.15) is 0 Å². The van der Waals surface area contributed by atoms with Gasteiger partial charge in [0.2, 0.25) is 0 Å². The van der Waals surface area contributed by atoms with Crippen molar-refractivity contribution in [1.82, 2.24) is 0 Å². The normalized spacial score (nSPS) is 23.2. The van der Waals surface area contributed by atoms with E-state index in [4.69, 9.17) is 16.3 Å². The Hall–Kier alpha value is -0.870. The van der Waals surface area contributed by atoms with Crippen LogP contribution >= 0.6 is 11.6 Å². The largest absolute Gasteiger partial charge is 0.469 e. The molecule has 2 rings (SSSR count). The van der Waals surface area contributed by atoms with E-state index in [-0.39, 0.29) is 22.0 Å². The molecule has 0 aliphatic heterocycles. The summed E-state index contributed by atoms with van der Waals surface area (Å²) in [5.74, 6) is 0.833. The van der Waals surface area contributed by atoms with E-state index in [0.717, 1.165) is 17.0 Å². The molecule has 1 aliphatic carbocycles. The van der Waals surface area contributed by atoms with Crippen LogP contribution < -0.4 is 0 Å². The topological polar surface area (TPSA) is 43.4 Å². The number of carbonyl (C=O) groups excluding carboxylic acids is 1. The van der Waals surface area contributed by atoms with Crippen molar-refractivity contribution in [1.29, 1.82) is 0 Å². The number of rotatable bonds is 7. The summed E-state index contributed by atoms with van der Waals surface area (Å²) in [6.07, 6.45) is 1.16. The first-order chi connectivity index (χ1) is 14.0. The van der Waals surface area contributed by atoms with Gasteiger partial charge in [-0.15, -0.1) is 0 Å². The first kappa shape index (κ1) is 26.4. The molecule has 0 amide bonds. The van der Waals surface area contributed by atoms with Crippen LogP contribution in [0.3, 0.4) is 0 Å². The van der Waals surface area contributed by atoms with E-state index in [9.17, 15) is 9.00 Å². The first-order valence-electron chi connectivity index (χ1n) is 11.3. The van der Waals surface area contributed by atoms with Gasteiger partial charge in [-0.2, -0.15) is 0 Å². The maximum Gasteiger partial charge on any atom is 0.309 e. The fraction of sp³-hybridized carbons (Fsp3) is 0.731. The van der Waals surface area contributed by atoms with E-state index < -0.39 is 22.1 Å². The maximum absolute atomic E-state index is 13.2. The Balaban J connectivity index is 2.53. The van der Waals surface area contributed by atoms with Crippen LogP contribution in [-0.2, 0) is 25.7 Å². The van der Waals surface area contributed by atoms with Crippen molar-refractivity contribution < 1.29 is 13.7 Å². The molecule has 0 spiro atoms. The lowest BCUT2D eigenvalue weighted by atomic mass is 9.68. The zero-order valence-electron chi connectivity index (χ0n) is 21.0. The second-order valence-corrected chi connectivity index (χ2v) is 14.4. The first-order valence-corrected chi connectivity index (χ1v) is 13.0. The summed E-state index contributed by atoms with van der Waals surface area (Å²) in [6.45, 7) is 18.8. The zero-order valence-corrected chi connectivity index (χ0v) is 22.5. The predicted octanol–water partition coefficient (Wildman–Crippen LogP) is 6.74. The van der Waals surface area contributed by atoms with Crippen molar-refractivity contribution in [3.8, 4) is 0 Å². The van der Waals surface area contributed by atoms with Crippen molar-refractivity contribution in [2.75, 3.05) is 12.9 Å². The van der Waals surface area contributed by atoms with E-state index in [2.05, 4.69) is 32.9 Å². The van der Waals surface area contributed by atoms with Gasteiger partial charge in [0.05, 0.1) is 13.0 Å². The maximum atomic E-state index is 13.2. The summed E-state index contributed by atoms with van der Waals surface area (Å²) in [5.41, 5.74) is 1.74. The molecular weight excluding hydrogens is 428 g/mol. The highest BCUT2D eigenvalue weighted by Crippen LogP contribution is 2.58. The number of methoxy groups -OCH3 is 1. The van der Waals surface area contributed by atoms with Crippen LogP contribution in [-0.4, -0.2) is 27.8 Å². The molecule has 1 fully saturated rings. The fourth-order valence-corrected chi connectivity index (χ4v) is 6.56. The van der Waals surface area contributed by atoms with Gasteiger partial charge in [0.25, 0.3) is 0 Å². The number of halogens is 1. The van der Waals surface area contributed by atoms with Crippen LogP contribution in [0, 0.1) is 23.2 Å².